The number of aromatic nitrogens is 6. The van der Waals surface area contributed by atoms with Crippen LogP contribution in [0, 0.1) is 41.5 Å². The Bertz CT molecular complexity index is 5000. The van der Waals surface area contributed by atoms with E-state index in [1.54, 1.807) is 0 Å². The van der Waals surface area contributed by atoms with E-state index < -0.39 is 0 Å². The Morgan fingerprint density at radius 2 is 0.738 bits per heavy atom. The molecule has 84 heavy (non-hydrogen) atoms. The predicted molar refractivity (Wildman–Crippen MR) is 339 cm³/mol. The third-order valence-electron chi connectivity index (χ3n) is 16.1. The molecule has 0 N–H and O–H groups in total. The lowest BCUT2D eigenvalue weighted by Crippen LogP contribution is -2.31. The second-order valence-corrected chi connectivity index (χ2v) is 21.9. The fraction of sp³-hybridized carbons (Fsp3) is 0.120. The highest BCUT2D eigenvalue weighted by atomic mass is 16.3. The fourth-order valence-corrected chi connectivity index (χ4v) is 11.7. The van der Waals surface area contributed by atoms with Crippen LogP contribution in [-0.2, 0) is 21.1 Å². The van der Waals surface area contributed by atoms with Crippen LogP contribution in [0.25, 0.3) is 133 Å². The Labute approximate surface area is 488 Å². The molecule has 15 aromatic rings. The molecule has 0 bridgehead atoms. The molecule has 0 atom stereocenters. The Hall–Kier alpha value is -10.4. The summed E-state index contributed by atoms with van der Waals surface area (Å²) < 4.78 is 25.3. The summed E-state index contributed by atoms with van der Waals surface area (Å²) in [6.45, 7) is 12.4. The van der Waals surface area contributed by atoms with Crippen LogP contribution in [-0.4, -0.2) is 15.0 Å². The van der Waals surface area contributed by atoms with Crippen LogP contribution in [0.3, 0.4) is 0 Å². The lowest BCUT2D eigenvalue weighted by molar-refractivity contribution is -0.660. The van der Waals surface area contributed by atoms with Gasteiger partial charge in [-0.05, 0) is 129 Å². The summed E-state index contributed by atoms with van der Waals surface area (Å²) in [6, 6.07) is 69.7. The van der Waals surface area contributed by atoms with Gasteiger partial charge in [0.15, 0.2) is 35.3 Å². The van der Waals surface area contributed by atoms with Gasteiger partial charge in [0.25, 0.3) is 0 Å². The van der Waals surface area contributed by atoms with Gasteiger partial charge in [-0.15, -0.1) is 0 Å². The van der Waals surface area contributed by atoms with Crippen LogP contribution < -0.4 is 13.7 Å². The zero-order valence-corrected chi connectivity index (χ0v) is 48.7. The molecule has 0 radical (unpaired) electrons. The number of hydrogen-bond donors (Lipinski definition) is 0. The molecule has 0 unspecified atom stereocenters. The fourth-order valence-electron chi connectivity index (χ4n) is 11.7. The van der Waals surface area contributed by atoms with Crippen LogP contribution in [0.1, 0.15) is 33.8 Å². The molecule has 15 rings (SSSR count). The normalized spacial score (nSPS) is 11.4. The minimum atomic E-state index is 0.696. The molecule has 9 aromatic heterocycles. The summed E-state index contributed by atoms with van der Waals surface area (Å²) in [5.41, 5.74) is 25.1. The van der Waals surface area contributed by atoms with Gasteiger partial charge in [0.2, 0.25) is 34.2 Å². The van der Waals surface area contributed by atoms with Gasteiger partial charge in [-0.2, -0.15) is 0 Å². The molecule has 0 spiro atoms. The molecule has 0 saturated heterocycles. The van der Waals surface area contributed by atoms with Gasteiger partial charge in [-0.25, -0.2) is 28.7 Å². The molecule has 0 fully saturated rings. The summed E-state index contributed by atoms with van der Waals surface area (Å²) >= 11 is 0. The standard InChI is InChI=1S/3C25H21N2O/c1-16-11-13-20-21-14-12-17(2)26-25(21)28-24(20)22(16)23-19(10-7-15-27(23)3)18-8-5-4-6-9-18;1-16-9-12-20-21-13-10-17(2)26-25(21)28-24(20)23(16)22-14-11-19(15-27(22)3)18-7-5-4-6-8-18;1-16-9-11-20-21-12-10-17(2)26-25(21)28-24(20)23(16)22-15-19(13-14-27(22)3)18-7-5-4-6-8-18/h3*4-15H,1-3H3/q3*+1. The molecule has 0 aliphatic carbocycles. The highest BCUT2D eigenvalue weighted by Crippen LogP contribution is 2.42. The van der Waals surface area contributed by atoms with Gasteiger partial charge >= 0.3 is 0 Å². The largest absolute Gasteiger partial charge is 0.437 e. The van der Waals surface area contributed by atoms with Crippen LogP contribution >= 0.6 is 0 Å². The number of nitrogens with zero attached hydrogens (tertiary/aromatic N) is 6. The van der Waals surface area contributed by atoms with Gasteiger partial charge in [0.05, 0.1) is 22.3 Å². The monoisotopic (exact) mass is 1100 g/mol. The summed E-state index contributed by atoms with van der Waals surface area (Å²) in [4.78, 5) is 13.8. The minimum absolute atomic E-state index is 0.696. The van der Waals surface area contributed by atoms with Crippen molar-refractivity contribution in [1.29, 1.82) is 0 Å². The van der Waals surface area contributed by atoms with E-state index in [4.69, 9.17) is 13.3 Å². The number of hydrogen-bond acceptors (Lipinski definition) is 6. The lowest BCUT2D eigenvalue weighted by Gasteiger charge is -2.10. The van der Waals surface area contributed by atoms with Gasteiger partial charge in [-0.3, -0.25) is 0 Å². The Kier molecular flexibility index (Phi) is 13.8. The Morgan fingerprint density at radius 1 is 0.310 bits per heavy atom. The molecule has 0 amide bonds. The number of fused-ring (bicyclic) bond motifs is 9. The molecule has 0 aliphatic heterocycles. The van der Waals surface area contributed by atoms with Crippen molar-refractivity contribution in [2.75, 3.05) is 0 Å². The number of benzene rings is 6. The van der Waals surface area contributed by atoms with Crippen molar-refractivity contribution in [1.82, 2.24) is 15.0 Å². The third-order valence-corrected chi connectivity index (χ3v) is 16.1. The second kappa shape index (κ2) is 21.8. The molecule has 0 aliphatic rings. The van der Waals surface area contributed by atoms with Gasteiger partial charge in [-0.1, -0.05) is 127 Å². The van der Waals surface area contributed by atoms with Crippen molar-refractivity contribution in [2.45, 2.75) is 41.5 Å². The molecule has 6 aromatic carbocycles. The van der Waals surface area contributed by atoms with Crippen molar-refractivity contribution >= 4 is 66.2 Å². The van der Waals surface area contributed by atoms with E-state index in [1.165, 1.54) is 50.1 Å². The van der Waals surface area contributed by atoms with Crippen LogP contribution in [0.2, 0.25) is 0 Å². The molecule has 9 nitrogen and oxygen atoms in total. The Balaban J connectivity index is 0.000000118. The molecule has 0 saturated carbocycles. The third kappa shape index (κ3) is 9.73. The van der Waals surface area contributed by atoms with Crippen LogP contribution in [0.4, 0.5) is 0 Å². The first-order valence-corrected chi connectivity index (χ1v) is 28.4. The SMILES string of the molecule is Cc1ccc2c(n1)oc1c(-c3c(-c4ccccc4)ccc[n+]3C)c(C)ccc12.Cc1ccc2c(n1)oc1c(-c3cc(-c4ccccc4)cc[n+]3C)c(C)ccc12.Cc1ccc2c(n1)oc1c(-c3ccc(-c4ccccc4)c[n+]3C)c(C)ccc12. The van der Waals surface area contributed by atoms with Gasteiger partial charge in [0, 0.05) is 79.2 Å². The predicted octanol–water partition coefficient (Wildman–Crippen LogP) is 17.3. The maximum absolute atomic E-state index is 6.32. The number of furan rings is 3. The number of rotatable bonds is 6. The maximum atomic E-state index is 6.32. The van der Waals surface area contributed by atoms with Gasteiger partial charge in [0.1, 0.15) is 21.1 Å². The second-order valence-electron chi connectivity index (χ2n) is 21.9. The van der Waals surface area contributed by atoms with E-state index in [2.05, 4.69) is 253 Å². The summed E-state index contributed by atoms with van der Waals surface area (Å²) in [7, 11) is 6.25. The summed E-state index contributed by atoms with van der Waals surface area (Å²) in [5.74, 6) is 0. The molecule has 408 valence electrons. The van der Waals surface area contributed by atoms with E-state index in [0.717, 1.165) is 99.9 Å². The highest BCUT2D eigenvalue weighted by Gasteiger charge is 2.27. The summed E-state index contributed by atoms with van der Waals surface area (Å²) in [5, 5.41) is 6.49. The topological polar surface area (TPSA) is 89.7 Å². The zero-order valence-electron chi connectivity index (χ0n) is 48.7. The van der Waals surface area contributed by atoms with Gasteiger partial charge < -0.3 is 13.3 Å². The number of pyridine rings is 6. The maximum Gasteiger partial charge on any atom is 0.227 e. The first-order valence-electron chi connectivity index (χ1n) is 28.4. The molecular weight excluding hydrogens is 1030 g/mol. The average Bonchev–Trinajstić information content (AvgIpc) is 2.97. The summed E-state index contributed by atoms with van der Waals surface area (Å²) in [6.07, 6.45) is 6.38. The van der Waals surface area contributed by atoms with Crippen molar-refractivity contribution in [3.05, 3.63) is 253 Å². The quantitative estimate of drug-likeness (QED) is 0.154. The Morgan fingerprint density at radius 3 is 1.23 bits per heavy atom. The van der Waals surface area contributed by atoms with E-state index in [9.17, 15) is 0 Å². The van der Waals surface area contributed by atoms with E-state index in [0.29, 0.717) is 17.1 Å². The molecule has 9 heteroatoms. The smallest absolute Gasteiger partial charge is 0.227 e. The van der Waals surface area contributed by atoms with E-state index >= 15 is 0 Å². The van der Waals surface area contributed by atoms with E-state index in [-0.39, 0.29) is 0 Å². The lowest BCUT2D eigenvalue weighted by atomic mass is 9.94. The van der Waals surface area contributed by atoms with Crippen molar-refractivity contribution in [2.24, 2.45) is 21.1 Å². The molecular formula is C75H63N6O3+3. The first-order chi connectivity index (χ1) is 40.9. The highest BCUT2D eigenvalue weighted by molar-refractivity contribution is 6.11. The minimum Gasteiger partial charge on any atom is -0.437 e. The zero-order chi connectivity index (χ0) is 57.8. The van der Waals surface area contributed by atoms with Crippen LogP contribution in [0.15, 0.2) is 232 Å². The van der Waals surface area contributed by atoms with Crippen LogP contribution in [0.5, 0.6) is 0 Å². The van der Waals surface area contributed by atoms with E-state index in [1.807, 2.05) is 57.2 Å². The average molecular weight is 1100 g/mol. The van der Waals surface area contributed by atoms with Crippen molar-refractivity contribution in [3.63, 3.8) is 0 Å². The molecule has 9 heterocycles. The number of aryl methyl sites for hydroxylation is 9. The van der Waals surface area contributed by atoms with Crippen molar-refractivity contribution in [3.8, 4) is 67.2 Å². The first kappa shape index (κ1) is 53.0. The van der Waals surface area contributed by atoms with Crippen molar-refractivity contribution < 1.29 is 27.0 Å².